The minimum atomic E-state index is -0.540. The van der Waals surface area contributed by atoms with Gasteiger partial charge in [0.1, 0.15) is 12.3 Å². The first kappa shape index (κ1) is 15.6. The molecule has 22 heavy (non-hydrogen) atoms. The van der Waals surface area contributed by atoms with Gasteiger partial charge in [-0.1, -0.05) is 18.7 Å². The second-order valence-corrected chi connectivity index (χ2v) is 5.04. The van der Waals surface area contributed by atoms with E-state index >= 15 is 0 Å². The number of phenols is 1. The monoisotopic (exact) mass is 298 g/mol. The van der Waals surface area contributed by atoms with Gasteiger partial charge < -0.3 is 15.7 Å². The van der Waals surface area contributed by atoms with E-state index in [1.165, 1.54) is 12.1 Å². The lowest BCUT2D eigenvalue weighted by atomic mass is 10.0. The Morgan fingerprint density at radius 2 is 2.09 bits per heavy atom. The van der Waals surface area contributed by atoms with Crippen LogP contribution in [0.5, 0.6) is 5.75 Å². The second kappa shape index (κ2) is 6.78. The van der Waals surface area contributed by atoms with E-state index < -0.39 is 5.91 Å². The highest BCUT2D eigenvalue weighted by molar-refractivity contribution is 5.98. The summed E-state index contributed by atoms with van der Waals surface area (Å²) in [5.41, 5.74) is 9.72. The average Bonchev–Trinajstić information content (AvgIpc) is 2.46. The number of para-hydroxylation sites is 1. The molecule has 0 bridgehead atoms. The van der Waals surface area contributed by atoms with Crippen molar-refractivity contribution in [3.05, 3.63) is 53.9 Å². The first-order valence-corrected chi connectivity index (χ1v) is 7.00. The van der Waals surface area contributed by atoms with Crippen LogP contribution in [0.15, 0.2) is 48.3 Å². The van der Waals surface area contributed by atoms with Crippen molar-refractivity contribution in [1.29, 1.82) is 0 Å². The van der Waals surface area contributed by atoms with Gasteiger partial charge in [-0.15, -0.1) is 5.73 Å². The summed E-state index contributed by atoms with van der Waals surface area (Å²) in [5.74, 6) is -0.571. The van der Waals surface area contributed by atoms with Crippen molar-refractivity contribution >= 4 is 17.4 Å². The second-order valence-electron chi connectivity index (χ2n) is 5.04. The Morgan fingerprint density at radius 3 is 2.73 bits per heavy atom. The molecule has 0 radical (unpaired) electrons. The van der Waals surface area contributed by atoms with Gasteiger partial charge >= 0.3 is 0 Å². The van der Waals surface area contributed by atoms with Crippen LogP contribution in [0.1, 0.15) is 24.8 Å². The van der Waals surface area contributed by atoms with E-state index in [4.69, 9.17) is 5.73 Å². The van der Waals surface area contributed by atoms with Crippen LogP contribution < -0.4 is 5.73 Å². The van der Waals surface area contributed by atoms with Gasteiger partial charge in [0.15, 0.2) is 5.78 Å². The molecule has 3 N–H and O–H groups in total. The number of phenolic OH excluding ortho intramolecular Hbond substituents is 1. The molecular weight excluding hydrogens is 280 g/mol. The quantitative estimate of drug-likeness (QED) is 0.835. The number of hydrogen-bond donors (Lipinski definition) is 2. The molecule has 1 amide bonds. The Kier molecular flexibility index (Phi) is 4.81. The summed E-state index contributed by atoms with van der Waals surface area (Å²) >= 11 is 0. The van der Waals surface area contributed by atoms with Crippen molar-refractivity contribution < 1.29 is 14.7 Å². The number of primary amides is 1. The standard InChI is InChI=1S/C17H18N2O3/c1-2-12-6-5-7-13(20)10-15(19(12)11-17(18)22)14-8-3-4-9-16(14)21/h3-4,8-10,21H,1,5-7,11H2,(H2,18,22)/b15-10-. The van der Waals surface area contributed by atoms with Gasteiger partial charge in [0, 0.05) is 18.1 Å². The molecule has 0 saturated heterocycles. The topological polar surface area (TPSA) is 83.6 Å². The third-order valence-corrected chi connectivity index (χ3v) is 3.45. The third kappa shape index (κ3) is 3.45. The minimum absolute atomic E-state index is 0.0278. The summed E-state index contributed by atoms with van der Waals surface area (Å²) in [4.78, 5) is 25.0. The zero-order valence-electron chi connectivity index (χ0n) is 12.2. The van der Waals surface area contributed by atoms with Gasteiger partial charge in [0.25, 0.3) is 0 Å². The molecule has 5 heteroatoms. The van der Waals surface area contributed by atoms with Crippen LogP contribution in [0.25, 0.3) is 5.70 Å². The number of carbonyl (C=O) groups is 2. The van der Waals surface area contributed by atoms with Crippen molar-refractivity contribution in [1.82, 2.24) is 4.90 Å². The number of carbonyl (C=O) groups excluding carboxylic acids is 2. The van der Waals surface area contributed by atoms with E-state index in [0.717, 1.165) is 0 Å². The number of hydrogen-bond acceptors (Lipinski definition) is 4. The molecular formula is C17H18N2O3. The summed E-state index contributed by atoms with van der Waals surface area (Å²) in [5, 5.41) is 10.1. The molecule has 1 aromatic carbocycles. The first-order valence-electron chi connectivity index (χ1n) is 7.00. The van der Waals surface area contributed by atoms with Gasteiger partial charge in [-0.2, -0.15) is 0 Å². The van der Waals surface area contributed by atoms with E-state index in [-0.39, 0.29) is 18.1 Å². The van der Waals surface area contributed by atoms with E-state index in [2.05, 4.69) is 12.3 Å². The molecule has 0 fully saturated rings. The van der Waals surface area contributed by atoms with Gasteiger partial charge in [-0.25, -0.2) is 0 Å². The predicted octanol–water partition coefficient (Wildman–Crippen LogP) is 1.94. The fourth-order valence-electron chi connectivity index (χ4n) is 2.45. The first-order chi connectivity index (χ1) is 10.5. The van der Waals surface area contributed by atoms with E-state index in [0.29, 0.717) is 36.2 Å². The number of amides is 1. The van der Waals surface area contributed by atoms with Crippen molar-refractivity contribution in [2.45, 2.75) is 19.3 Å². The van der Waals surface area contributed by atoms with Crippen molar-refractivity contribution in [3.8, 4) is 5.75 Å². The smallest absolute Gasteiger partial charge is 0.237 e. The Hall–Kier alpha value is -2.78. The molecule has 0 aromatic heterocycles. The van der Waals surface area contributed by atoms with Crippen LogP contribution >= 0.6 is 0 Å². The van der Waals surface area contributed by atoms with Crippen molar-refractivity contribution in [2.24, 2.45) is 5.73 Å². The maximum atomic E-state index is 12.0. The number of ketones is 1. The molecule has 0 spiro atoms. The maximum Gasteiger partial charge on any atom is 0.237 e. The van der Waals surface area contributed by atoms with Crippen molar-refractivity contribution in [3.63, 3.8) is 0 Å². The maximum absolute atomic E-state index is 12.0. The van der Waals surface area contributed by atoms with Crippen molar-refractivity contribution in [2.75, 3.05) is 6.54 Å². The molecule has 114 valence electrons. The van der Waals surface area contributed by atoms with Crippen LogP contribution in [0.3, 0.4) is 0 Å². The normalized spacial score (nSPS) is 18.0. The number of rotatable bonds is 3. The largest absolute Gasteiger partial charge is 0.507 e. The molecule has 0 atom stereocenters. The lowest BCUT2D eigenvalue weighted by molar-refractivity contribution is -0.118. The summed E-state index contributed by atoms with van der Waals surface area (Å²) in [6.45, 7) is 3.55. The summed E-state index contributed by atoms with van der Waals surface area (Å²) < 4.78 is 0. The van der Waals surface area contributed by atoms with Crippen LogP contribution in [0, 0.1) is 0 Å². The van der Waals surface area contributed by atoms with Crippen LogP contribution in [-0.2, 0) is 9.59 Å². The van der Waals surface area contributed by atoms with Crippen LogP contribution in [0.4, 0.5) is 0 Å². The molecule has 1 heterocycles. The number of nitrogens with zero attached hydrogens (tertiary/aromatic N) is 1. The highest BCUT2D eigenvalue weighted by Crippen LogP contribution is 2.32. The molecule has 0 aliphatic carbocycles. The molecule has 0 unspecified atom stereocenters. The minimum Gasteiger partial charge on any atom is -0.507 e. The van der Waals surface area contributed by atoms with E-state index in [1.807, 2.05) is 0 Å². The van der Waals surface area contributed by atoms with Crippen LogP contribution in [0.2, 0.25) is 0 Å². The van der Waals surface area contributed by atoms with Crippen LogP contribution in [-0.4, -0.2) is 28.2 Å². The number of aromatic hydroxyl groups is 1. The van der Waals surface area contributed by atoms with Gasteiger partial charge in [-0.3, -0.25) is 9.59 Å². The van der Waals surface area contributed by atoms with Gasteiger partial charge in [-0.05, 0) is 25.0 Å². The zero-order chi connectivity index (χ0) is 16.1. The lowest BCUT2D eigenvalue weighted by Gasteiger charge is -2.29. The van der Waals surface area contributed by atoms with E-state index in [9.17, 15) is 14.7 Å². The molecule has 2 rings (SSSR count). The third-order valence-electron chi connectivity index (χ3n) is 3.45. The number of nitrogens with two attached hydrogens (primary N) is 1. The number of allylic oxidation sites excluding steroid dienone is 2. The highest BCUT2D eigenvalue weighted by Gasteiger charge is 2.23. The summed E-state index contributed by atoms with van der Waals surface area (Å²) in [6.07, 6.45) is 3.05. The van der Waals surface area contributed by atoms with Gasteiger partial charge in [0.2, 0.25) is 5.91 Å². The molecule has 1 aliphatic heterocycles. The molecule has 5 nitrogen and oxygen atoms in total. The number of benzene rings is 1. The summed E-state index contributed by atoms with van der Waals surface area (Å²) in [6, 6.07) is 6.65. The average molecular weight is 298 g/mol. The molecule has 1 aliphatic rings. The fourth-order valence-corrected chi connectivity index (χ4v) is 2.45. The Morgan fingerprint density at radius 1 is 1.36 bits per heavy atom. The Balaban J connectivity index is 2.61. The fraction of sp³-hybridized carbons (Fsp3) is 0.235. The summed E-state index contributed by atoms with van der Waals surface area (Å²) in [7, 11) is 0. The Labute approximate surface area is 129 Å². The molecule has 0 saturated carbocycles. The zero-order valence-corrected chi connectivity index (χ0v) is 12.2. The molecule has 1 aromatic rings. The SMILES string of the molecule is C=C=C1CCCC(=O)/C=C(/c2ccccc2O)N1CC(N)=O. The van der Waals surface area contributed by atoms with Gasteiger partial charge in [0.05, 0.1) is 11.4 Å². The van der Waals surface area contributed by atoms with E-state index in [1.54, 1.807) is 23.1 Å². The Bertz CT molecular complexity index is 685. The lowest BCUT2D eigenvalue weighted by Crippen LogP contribution is -2.33. The predicted molar refractivity (Wildman–Crippen MR) is 83.5 cm³/mol. The highest BCUT2D eigenvalue weighted by atomic mass is 16.3.